The van der Waals surface area contributed by atoms with Crippen molar-refractivity contribution in [3.63, 3.8) is 0 Å². The van der Waals surface area contributed by atoms with Gasteiger partial charge in [-0.25, -0.2) is 4.98 Å². The van der Waals surface area contributed by atoms with E-state index in [1.54, 1.807) is 0 Å². The predicted octanol–water partition coefficient (Wildman–Crippen LogP) is 3.57. The number of fused-ring (bicyclic) bond motifs is 1. The van der Waals surface area contributed by atoms with Gasteiger partial charge in [-0.05, 0) is 57.0 Å². The lowest BCUT2D eigenvalue weighted by atomic mass is 10.1. The molecule has 2 amide bonds. The van der Waals surface area contributed by atoms with Crippen molar-refractivity contribution in [1.29, 1.82) is 0 Å². The molecule has 0 unspecified atom stereocenters. The van der Waals surface area contributed by atoms with Crippen LogP contribution in [0.2, 0.25) is 0 Å². The van der Waals surface area contributed by atoms with Gasteiger partial charge in [0.05, 0.1) is 16.6 Å². The summed E-state index contributed by atoms with van der Waals surface area (Å²) in [5.74, 6) is -0.0814. The monoisotopic (exact) mass is 402 g/mol. The highest BCUT2D eigenvalue weighted by Gasteiger charge is 2.15. The molecule has 3 rings (SSSR count). The van der Waals surface area contributed by atoms with Crippen LogP contribution >= 0.6 is 11.3 Å². The fourth-order valence-electron chi connectivity index (χ4n) is 3.67. The minimum absolute atomic E-state index is 0.0500. The van der Waals surface area contributed by atoms with E-state index >= 15 is 0 Å². The highest BCUT2D eigenvalue weighted by Crippen LogP contribution is 2.27. The minimum Gasteiger partial charge on any atom is -0.356 e. The second kappa shape index (κ2) is 9.98. The van der Waals surface area contributed by atoms with Crippen LogP contribution in [0.3, 0.4) is 0 Å². The molecule has 0 aliphatic carbocycles. The number of likely N-dealkylation sites (tertiary alicyclic amines) is 1. The van der Waals surface area contributed by atoms with Gasteiger partial charge in [-0.15, -0.1) is 0 Å². The van der Waals surface area contributed by atoms with Gasteiger partial charge in [-0.1, -0.05) is 30.2 Å². The maximum atomic E-state index is 12.3. The first-order valence-corrected chi connectivity index (χ1v) is 11.0. The van der Waals surface area contributed by atoms with E-state index in [2.05, 4.69) is 27.4 Å². The third-order valence-corrected chi connectivity index (χ3v) is 6.18. The molecule has 152 valence electrons. The number of nitrogens with one attached hydrogen (secondary N) is 2. The number of hydrogen-bond acceptors (Lipinski definition) is 5. The van der Waals surface area contributed by atoms with Gasteiger partial charge in [0.15, 0.2) is 5.13 Å². The molecule has 2 heterocycles. The molecule has 2 aromatic rings. The molecule has 1 aromatic carbocycles. The molecule has 1 fully saturated rings. The second-order valence-electron chi connectivity index (χ2n) is 7.62. The Morgan fingerprint density at radius 2 is 1.96 bits per heavy atom. The average molecular weight is 403 g/mol. The minimum atomic E-state index is -0.131. The number of benzene rings is 1. The van der Waals surface area contributed by atoms with Crippen molar-refractivity contribution in [1.82, 2.24) is 15.2 Å². The molecule has 28 heavy (non-hydrogen) atoms. The van der Waals surface area contributed by atoms with E-state index in [1.165, 1.54) is 57.0 Å². The number of carbonyl (C=O) groups excluding carboxylic acids is 2. The third kappa shape index (κ3) is 6.01. The topological polar surface area (TPSA) is 74.3 Å². The zero-order chi connectivity index (χ0) is 19.9. The fraction of sp³-hybridized carbons (Fsp3) is 0.571. The molecule has 1 aromatic heterocycles. The number of rotatable bonds is 7. The smallest absolute Gasteiger partial charge is 0.224 e. The van der Waals surface area contributed by atoms with Crippen LogP contribution in [-0.4, -0.2) is 47.4 Å². The molecule has 0 spiro atoms. The lowest BCUT2D eigenvalue weighted by molar-refractivity contribution is -0.120. The zero-order valence-electron chi connectivity index (χ0n) is 16.8. The SMILES string of the molecule is CC(=O)Nc1nc2ccc(CC(=O)NCC[C@H](C)N3CCCCCC3)cc2s1. The van der Waals surface area contributed by atoms with Crippen molar-refractivity contribution in [3.8, 4) is 0 Å². The Balaban J connectivity index is 1.46. The second-order valence-corrected chi connectivity index (χ2v) is 8.65. The zero-order valence-corrected chi connectivity index (χ0v) is 17.6. The van der Waals surface area contributed by atoms with Crippen LogP contribution in [-0.2, 0) is 16.0 Å². The average Bonchev–Trinajstić information content (AvgIpc) is 2.85. The van der Waals surface area contributed by atoms with Crippen LogP contribution in [0.4, 0.5) is 5.13 Å². The highest BCUT2D eigenvalue weighted by atomic mass is 32.1. The summed E-state index contributed by atoms with van der Waals surface area (Å²) in [5.41, 5.74) is 1.80. The summed E-state index contributed by atoms with van der Waals surface area (Å²) in [7, 11) is 0. The van der Waals surface area contributed by atoms with Crippen LogP contribution in [0.1, 0.15) is 51.5 Å². The Bertz CT molecular complexity index is 812. The van der Waals surface area contributed by atoms with Crippen LogP contribution in [0.5, 0.6) is 0 Å². The van der Waals surface area contributed by atoms with E-state index in [1.807, 2.05) is 18.2 Å². The first-order chi connectivity index (χ1) is 13.5. The Kier molecular flexibility index (Phi) is 7.39. The normalized spacial score (nSPS) is 16.5. The lowest BCUT2D eigenvalue weighted by Crippen LogP contribution is -2.37. The van der Waals surface area contributed by atoms with Crippen LogP contribution in [0.15, 0.2) is 18.2 Å². The van der Waals surface area contributed by atoms with E-state index in [4.69, 9.17) is 0 Å². The maximum absolute atomic E-state index is 12.3. The number of thiazole rings is 1. The van der Waals surface area contributed by atoms with Gasteiger partial charge < -0.3 is 15.5 Å². The van der Waals surface area contributed by atoms with Crippen LogP contribution in [0, 0.1) is 0 Å². The maximum Gasteiger partial charge on any atom is 0.224 e. The molecule has 6 nitrogen and oxygen atoms in total. The summed E-state index contributed by atoms with van der Waals surface area (Å²) < 4.78 is 0.976. The fourth-order valence-corrected chi connectivity index (χ4v) is 4.65. The van der Waals surface area contributed by atoms with Gasteiger partial charge in [0.25, 0.3) is 0 Å². The summed E-state index contributed by atoms with van der Waals surface area (Å²) in [6, 6.07) is 6.33. The van der Waals surface area contributed by atoms with E-state index in [0.717, 1.165) is 22.2 Å². The van der Waals surface area contributed by atoms with E-state index in [0.29, 0.717) is 24.1 Å². The van der Waals surface area contributed by atoms with Gasteiger partial charge >= 0.3 is 0 Å². The Labute approximate surface area is 170 Å². The number of aromatic nitrogens is 1. The number of hydrogen-bond donors (Lipinski definition) is 2. The van der Waals surface area contributed by atoms with Crippen molar-refractivity contribution in [3.05, 3.63) is 23.8 Å². The van der Waals surface area contributed by atoms with Crippen molar-refractivity contribution in [2.45, 2.75) is 58.4 Å². The molecular formula is C21H30N4O2S. The first-order valence-electron chi connectivity index (χ1n) is 10.2. The quantitative estimate of drug-likeness (QED) is 0.742. The summed E-state index contributed by atoms with van der Waals surface area (Å²) in [6.45, 7) is 6.82. The van der Waals surface area contributed by atoms with Crippen LogP contribution in [0.25, 0.3) is 10.2 Å². The Morgan fingerprint density at radius 1 is 1.21 bits per heavy atom. The molecule has 1 saturated heterocycles. The number of nitrogens with zero attached hydrogens (tertiary/aromatic N) is 2. The summed E-state index contributed by atoms with van der Waals surface area (Å²) in [5, 5.41) is 6.36. The van der Waals surface area contributed by atoms with Gasteiger partial charge in [0.1, 0.15) is 0 Å². The van der Waals surface area contributed by atoms with E-state index in [-0.39, 0.29) is 11.8 Å². The Morgan fingerprint density at radius 3 is 2.68 bits per heavy atom. The number of amides is 2. The predicted molar refractivity (Wildman–Crippen MR) is 115 cm³/mol. The van der Waals surface area contributed by atoms with Crippen molar-refractivity contribution in [2.75, 3.05) is 25.0 Å². The summed E-state index contributed by atoms with van der Waals surface area (Å²) >= 11 is 1.43. The molecule has 1 atom stereocenters. The summed E-state index contributed by atoms with van der Waals surface area (Å²) in [6.07, 6.45) is 6.62. The Hall–Kier alpha value is -1.99. The van der Waals surface area contributed by atoms with Crippen LogP contribution < -0.4 is 10.6 Å². The van der Waals surface area contributed by atoms with E-state index < -0.39 is 0 Å². The molecule has 2 N–H and O–H groups in total. The lowest BCUT2D eigenvalue weighted by Gasteiger charge is -2.27. The molecule has 1 aliphatic heterocycles. The summed E-state index contributed by atoms with van der Waals surface area (Å²) in [4.78, 5) is 30.4. The molecule has 0 saturated carbocycles. The van der Waals surface area contributed by atoms with Gasteiger partial charge in [-0.2, -0.15) is 0 Å². The van der Waals surface area contributed by atoms with Gasteiger partial charge in [0, 0.05) is 19.5 Å². The van der Waals surface area contributed by atoms with Gasteiger partial charge in [0.2, 0.25) is 11.8 Å². The number of anilines is 1. The van der Waals surface area contributed by atoms with Crippen molar-refractivity contribution >= 4 is 38.5 Å². The van der Waals surface area contributed by atoms with Gasteiger partial charge in [-0.3, -0.25) is 9.59 Å². The molecular weight excluding hydrogens is 372 g/mol. The highest BCUT2D eigenvalue weighted by molar-refractivity contribution is 7.22. The molecule has 1 aliphatic rings. The largest absolute Gasteiger partial charge is 0.356 e. The van der Waals surface area contributed by atoms with E-state index in [9.17, 15) is 9.59 Å². The standard InChI is InChI=1S/C21H30N4O2S/c1-15(25-11-5-3-4-6-12-25)9-10-22-20(27)14-17-7-8-18-19(13-17)28-21(24-18)23-16(2)26/h7-8,13,15H,3-6,9-12,14H2,1-2H3,(H,22,27)(H,23,24,26)/t15-/m0/s1. The molecule has 0 radical (unpaired) electrons. The number of carbonyl (C=O) groups is 2. The molecule has 0 bridgehead atoms. The molecule has 7 heteroatoms. The first kappa shape index (κ1) is 20.7. The van der Waals surface area contributed by atoms with Crippen molar-refractivity contribution < 1.29 is 9.59 Å². The third-order valence-electron chi connectivity index (χ3n) is 5.25. The van der Waals surface area contributed by atoms with Crippen molar-refractivity contribution in [2.24, 2.45) is 0 Å².